The largest absolute Gasteiger partial charge is 0.496 e. The number of hydrogen-bond acceptors (Lipinski definition) is 3. The van der Waals surface area contributed by atoms with E-state index in [-0.39, 0.29) is 5.91 Å². The van der Waals surface area contributed by atoms with Crippen LogP contribution in [-0.4, -0.2) is 26.1 Å². The van der Waals surface area contributed by atoms with Crippen molar-refractivity contribution in [2.45, 2.75) is 32.2 Å². The molecule has 5 heteroatoms. The maximum Gasteiger partial charge on any atom is 0.220 e. The molecule has 2 rings (SSSR count). The van der Waals surface area contributed by atoms with E-state index in [9.17, 15) is 4.79 Å². The number of amides is 1. The van der Waals surface area contributed by atoms with E-state index in [1.54, 1.807) is 13.2 Å². The number of rotatable bonds is 6. The summed E-state index contributed by atoms with van der Waals surface area (Å²) in [6.07, 6.45) is 3.89. The van der Waals surface area contributed by atoms with Crippen LogP contribution >= 0.6 is 11.6 Å². The molecular weight excluding hydrogens is 288 g/mol. The van der Waals surface area contributed by atoms with Gasteiger partial charge in [0, 0.05) is 23.6 Å². The average Bonchev–Trinajstić information content (AvgIpc) is 2.52. The molecule has 0 aromatic heterocycles. The summed E-state index contributed by atoms with van der Waals surface area (Å²) >= 11 is 6.15. The Bertz CT molecular complexity index is 473. The minimum Gasteiger partial charge on any atom is -0.496 e. The summed E-state index contributed by atoms with van der Waals surface area (Å²) in [6.45, 7) is 2.56. The van der Waals surface area contributed by atoms with Gasteiger partial charge in [-0.15, -0.1) is 0 Å². The molecule has 0 aliphatic carbocycles. The number of methoxy groups -OCH3 is 1. The smallest absolute Gasteiger partial charge is 0.220 e. The lowest BCUT2D eigenvalue weighted by atomic mass is 9.93. The highest BCUT2D eigenvalue weighted by atomic mass is 35.5. The summed E-state index contributed by atoms with van der Waals surface area (Å²) < 4.78 is 5.27. The minimum absolute atomic E-state index is 0.0792. The second-order valence-electron chi connectivity index (χ2n) is 5.43. The van der Waals surface area contributed by atoms with E-state index in [4.69, 9.17) is 16.3 Å². The van der Waals surface area contributed by atoms with Gasteiger partial charge in [-0.25, -0.2) is 0 Å². The van der Waals surface area contributed by atoms with Crippen molar-refractivity contribution in [1.29, 1.82) is 0 Å². The third-order valence-corrected chi connectivity index (χ3v) is 4.35. The maximum atomic E-state index is 12.0. The molecule has 0 radical (unpaired) electrons. The zero-order valence-corrected chi connectivity index (χ0v) is 13.2. The first-order valence-electron chi connectivity index (χ1n) is 7.49. The van der Waals surface area contributed by atoms with E-state index >= 15 is 0 Å². The first-order valence-corrected chi connectivity index (χ1v) is 7.87. The van der Waals surface area contributed by atoms with Crippen molar-refractivity contribution in [2.75, 3.05) is 20.2 Å². The molecule has 1 aromatic rings. The van der Waals surface area contributed by atoms with Gasteiger partial charge < -0.3 is 15.4 Å². The van der Waals surface area contributed by atoms with Gasteiger partial charge in [-0.05, 0) is 50.4 Å². The lowest BCUT2D eigenvalue weighted by Crippen LogP contribution is -2.29. The zero-order valence-electron chi connectivity index (χ0n) is 12.5. The number of halogens is 1. The van der Waals surface area contributed by atoms with Crippen molar-refractivity contribution >= 4 is 17.5 Å². The quantitative estimate of drug-likeness (QED) is 0.849. The highest BCUT2D eigenvalue weighted by Crippen LogP contribution is 2.26. The Balaban J connectivity index is 1.78. The Morgan fingerprint density at radius 3 is 2.90 bits per heavy atom. The van der Waals surface area contributed by atoms with Gasteiger partial charge >= 0.3 is 0 Å². The lowest BCUT2D eigenvalue weighted by Gasteiger charge is -2.22. The van der Waals surface area contributed by atoms with Crippen LogP contribution < -0.4 is 15.4 Å². The summed E-state index contributed by atoms with van der Waals surface area (Å²) in [5.74, 6) is 1.46. The van der Waals surface area contributed by atoms with E-state index in [1.807, 2.05) is 12.1 Å². The van der Waals surface area contributed by atoms with Crippen molar-refractivity contribution in [1.82, 2.24) is 10.6 Å². The third kappa shape index (κ3) is 4.90. The number of ether oxygens (including phenoxy) is 1. The molecule has 1 saturated heterocycles. The molecule has 1 heterocycles. The molecular formula is C16H23ClN2O2. The van der Waals surface area contributed by atoms with Gasteiger partial charge in [0.15, 0.2) is 0 Å². The van der Waals surface area contributed by atoms with Crippen molar-refractivity contribution in [2.24, 2.45) is 5.92 Å². The molecule has 0 spiro atoms. The van der Waals surface area contributed by atoms with Gasteiger partial charge in [0.25, 0.3) is 0 Å². The van der Waals surface area contributed by atoms with E-state index in [1.165, 1.54) is 12.8 Å². The molecule has 1 amide bonds. The van der Waals surface area contributed by atoms with Gasteiger partial charge in [0.1, 0.15) is 5.75 Å². The van der Waals surface area contributed by atoms with Crippen LogP contribution in [0.5, 0.6) is 5.75 Å². The van der Waals surface area contributed by atoms with Gasteiger partial charge in [-0.2, -0.15) is 0 Å². The monoisotopic (exact) mass is 310 g/mol. The van der Waals surface area contributed by atoms with Crippen LogP contribution in [0.4, 0.5) is 0 Å². The molecule has 4 nitrogen and oxygen atoms in total. The molecule has 0 bridgehead atoms. The van der Waals surface area contributed by atoms with Crippen LogP contribution in [0.1, 0.15) is 31.2 Å². The number of benzene rings is 1. The van der Waals surface area contributed by atoms with Gasteiger partial charge in [-0.1, -0.05) is 17.7 Å². The molecule has 1 aliphatic rings. The summed E-state index contributed by atoms with van der Waals surface area (Å²) in [4.78, 5) is 12.0. The van der Waals surface area contributed by atoms with Crippen LogP contribution in [0, 0.1) is 5.92 Å². The Hall–Kier alpha value is -1.26. The fourth-order valence-corrected chi connectivity index (χ4v) is 2.92. The second-order valence-corrected chi connectivity index (χ2v) is 5.84. The van der Waals surface area contributed by atoms with Crippen LogP contribution in [0.15, 0.2) is 18.2 Å². The van der Waals surface area contributed by atoms with Crippen LogP contribution in [0.25, 0.3) is 0 Å². The number of hydrogen-bond donors (Lipinski definition) is 2. The van der Waals surface area contributed by atoms with Crippen LogP contribution in [-0.2, 0) is 11.3 Å². The molecule has 0 atom stereocenters. The highest BCUT2D eigenvalue weighted by molar-refractivity contribution is 6.31. The SMILES string of the molecule is COc1cccc(Cl)c1CNC(=O)CCC1CCNCC1. The highest BCUT2D eigenvalue weighted by Gasteiger charge is 2.15. The van der Waals surface area contributed by atoms with E-state index in [2.05, 4.69) is 10.6 Å². The number of nitrogens with one attached hydrogen (secondary N) is 2. The summed E-state index contributed by atoms with van der Waals surface area (Å²) in [6, 6.07) is 5.49. The molecule has 0 saturated carbocycles. The predicted octanol–water partition coefficient (Wildman–Crippen LogP) is 2.74. The first-order chi connectivity index (χ1) is 10.2. The minimum atomic E-state index is 0.0792. The number of carbonyl (C=O) groups excluding carboxylic acids is 1. The Kier molecular flexibility index (Phi) is 6.33. The molecule has 1 aromatic carbocycles. The van der Waals surface area contributed by atoms with Crippen molar-refractivity contribution < 1.29 is 9.53 Å². The summed E-state index contributed by atoms with van der Waals surface area (Å²) in [7, 11) is 1.61. The Morgan fingerprint density at radius 1 is 1.43 bits per heavy atom. The molecule has 21 heavy (non-hydrogen) atoms. The molecule has 1 aliphatic heterocycles. The van der Waals surface area contributed by atoms with Crippen molar-refractivity contribution in [3.05, 3.63) is 28.8 Å². The second kappa shape index (κ2) is 8.25. The Labute approximate surface area is 131 Å². The van der Waals surface area contributed by atoms with Crippen LogP contribution in [0.2, 0.25) is 5.02 Å². The molecule has 2 N–H and O–H groups in total. The topological polar surface area (TPSA) is 50.4 Å². The van der Waals surface area contributed by atoms with Crippen LogP contribution in [0.3, 0.4) is 0 Å². The van der Waals surface area contributed by atoms with Gasteiger partial charge in [0.05, 0.1) is 7.11 Å². The fourth-order valence-electron chi connectivity index (χ4n) is 2.68. The molecule has 1 fully saturated rings. The molecule has 0 unspecified atom stereocenters. The van der Waals surface area contributed by atoms with E-state index in [0.29, 0.717) is 29.7 Å². The Morgan fingerprint density at radius 2 is 2.19 bits per heavy atom. The van der Waals surface area contributed by atoms with E-state index in [0.717, 1.165) is 25.1 Å². The van der Waals surface area contributed by atoms with Gasteiger partial charge in [0.2, 0.25) is 5.91 Å². The standard InChI is InChI=1S/C16H23ClN2O2/c1-21-15-4-2-3-14(17)13(15)11-19-16(20)6-5-12-7-9-18-10-8-12/h2-4,12,18H,5-11H2,1H3,(H,19,20). The van der Waals surface area contributed by atoms with Crippen molar-refractivity contribution in [3.63, 3.8) is 0 Å². The summed E-state index contributed by atoms with van der Waals surface area (Å²) in [5, 5.41) is 6.89. The van der Waals surface area contributed by atoms with E-state index < -0.39 is 0 Å². The fraction of sp³-hybridized carbons (Fsp3) is 0.562. The summed E-state index contributed by atoms with van der Waals surface area (Å²) in [5.41, 5.74) is 0.830. The van der Waals surface area contributed by atoms with Gasteiger partial charge in [-0.3, -0.25) is 4.79 Å². The number of carbonyl (C=O) groups is 1. The third-order valence-electron chi connectivity index (χ3n) is 4.00. The maximum absolute atomic E-state index is 12.0. The predicted molar refractivity (Wildman–Crippen MR) is 84.7 cm³/mol. The lowest BCUT2D eigenvalue weighted by molar-refractivity contribution is -0.121. The normalized spacial score (nSPS) is 15.7. The zero-order chi connectivity index (χ0) is 15.1. The number of piperidine rings is 1. The first kappa shape index (κ1) is 16.1. The average molecular weight is 311 g/mol. The van der Waals surface area contributed by atoms with Crippen molar-refractivity contribution in [3.8, 4) is 5.75 Å². The molecule has 116 valence electrons.